The Balaban J connectivity index is 2.24. The van der Waals surface area contributed by atoms with E-state index in [0.717, 1.165) is 22.3 Å². The Kier molecular flexibility index (Phi) is 5.27. The first-order chi connectivity index (χ1) is 12.5. The van der Waals surface area contributed by atoms with Crippen molar-refractivity contribution >= 4 is 23.8 Å². The van der Waals surface area contributed by atoms with E-state index in [-0.39, 0.29) is 0 Å². The highest BCUT2D eigenvalue weighted by atomic mass is 31.2. The summed E-state index contributed by atoms with van der Waals surface area (Å²) < 4.78 is 14.3. The van der Waals surface area contributed by atoms with Gasteiger partial charge in [-0.2, -0.15) is 0 Å². The molecule has 132 valence electrons. The molecule has 1 N–H and O–H groups in total. The van der Waals surface area contributed by atoms with Crippen molar-refractivity contribution in [2.24, 2.45) is 0 Å². The molecule has 0 radical (unpaired) electrons. The largest absolute Gasteiger partial charge is 0.380 e. The summed E-state index contributed by atoms with van der Waals surface area (Å²) in [5.41, 5.74) is 3.55. The number of aliphatic hydroxyl groups is 1. The Morgan fingerprint density at radius 3 is 1.69 bits per heavy atom. The molecule has 0 aromatic heterocycles. The third-order valence-electron chi connectivity index (χ3n) is 4.73. The minimum absolute atomic E-state index is 0.658. The quantitative estimate of drug-likeness (QED) is 0.652. The van der Waals surface area contributed by atoms with E-state index in [1.807, 2.05) is 86.6 Å². The van der Waals surface area contributed by atoms with Gasteiger partial charge in [0.25, 0.3) is 0 Å². The molecule has 3 aromatic rings. The van der Waals surface area contributed by atoms with Gasteiger partial charge in [0.05, 0.1) is 0 Å². The van der Waals surface area contributed by atoms with Gasteiger partial charge in [0, 0.05) is 10.6 Å². The first-order valence-corrected chi connectivity index (χ1v) is 10.4. The zero-order chi connectivity index (χ0) is 18.7. The third kappa shape index (κ3) is 3.19. The first-order valence-electron chi connectivity index (χ1n) is 8.61. The van der Waals surface area contributed by atoms with E-state index in [1.54, 1.807) is 6.08 Å². The lowest BCUT2D eigenvalue weighted by Gasteiger charge is -2.27. The highest BCUT2D eigenvalue weighted by Gasteiger charge is 2.37. The van der Waals surface area contributed by atoms with Gasteiger partial charge in [-0.3, -0.25) is 0 Å². The van der Waals surface area contributed by atoms with E-state index in [2.05, 4.69) is 6.58 Å². The summed E-state index contributed by atoms with van der Waals surface area (Å²) in [4.78, 5) is 0. The fourth-order valence-corrected chi connectivity index (χ4v) is 6.31. The van der Waals surface area contributed by atoms with E-state index < -0.39 is 13.0 Å². The van der Waals surface area contributed by atoms with Gasteiger partial charge in [-0.1, -0.05) is 85.5 Å². The Morgan fingerprint density at radius 2 is 1.31 bits per heavy atom. The fourth-order valence-electron chi connectivity index (χ4n) is 3.45. The number of hydrogen-bond donors (Lipinski definition) is 1. The Labute approximate surface area is 155 Å². The molecule has 3 heteroatoms. The van der Waals surface area contributed by atoms with Crippen LogP contribution in [0, 0.1) is 13.8 Å². The molecule has 0 spiro atoms. The van der Waals surface area contributed by atoms with Crippen LogP contribution in [0.15, 0.2) is 79.4 Å². The van der Waals surface area contributed by atoms with Crippen LogP contribution in [0.2, 0.25) is 0 Å². The number of benzene rings is 3. The maximum atomic E-state index is 14.3. The van der Waals surface area contributed by atoms with Crippen molar-refractivity contribution in [3.05, 3.63) is 102 Å². The fraction of sp³-hybridized carbons (Fsp3) is 0.130. The molecule has 0 amide bonds. The van der Waals surface area contributed by atoms with Crippen LogP contribution in [0.1, 0.15) is 28.1 Å². The average molecular weight is 362 g/mol. The first kappa shape index (κ1) is 18.4. The third-order valence-corrected chi connectivity index (χ3v) is 7.81. The molecule has 2 nitrogen and oxygen atoms in total. The normalized spacial score (nSPS) is 12.6. The average Bonchev–Trinajstić information content (AvgIpc) is 2.68. The number of aryl methyl sites for hydroxylation is 2. The minimum atomic E-state index is -3.28. The van der Waals surface area contributed by atoms with Crippen LogP contribution in [0.5, 0.6) is 0 Å². The molecule has 0 aliphatic carbocycles. The van der Waals surface area contributed by atoms with Crippen LogP contribution >= 0.6 is 7.14 Å². The number of aliphatic hydroxyl groups excluding tert-OH is 1. The molecule has 0 saturated heterocycles. The molecule has 1 unspecified atom stereocenters. The van der Waals surface area contributed by atoms with E-state index in [4.69, 9.17) is 0 Å². The van der Waals surface area contributed by atoms with Crippen LogP contribution in [0.4, 0.5) is 0 Å². The Bertz CT molecular complexity index is 896. The molecule has 0 fully saturated rings. The second kappa shape index (κ2) is 7.45. The number of hydrogen-bond acceptors (Lipinski definition) is 2. The minimum Gasteiger partial charge on any atom is -0.380 e. The van der Waals surface area contributed by atoms with Gasteiger partial charge in [-0.05, 0) is 36.1 Å². The highest BCUT2D eigenvalue weighted by Crippen LogP contribution is 2.56. The standard InChI is InChI=1S/C23H23O2P/c1-4-19-15-17(2)22(18(3)16-19)23(24)26(25,20-11-7-5-8-12-20)21-13-9-6-10-14-21/h4-16,23-24H,1H2,2-3H3. The molecule has 3 aromatic carbocycles. The highest BCUT2D eigenvalue weighted by molar-refractivity contribution is 7.78. The van der Waals surface area contributed by atoms with Gasteiger partial charge >= 0.3 is 0 Å². The van der Waals surface area contributed by atoms with E-state index in [0.29, 0.717) is 10.6 Å². The SMILES string of the molecule is C=Cc1cc(C)c(C(O)P(=O)(c2ccccc2)c2ccccc2)c(C)c1. The second-order valence-electron chi connectivity index (χ2n) is 6.48. The van der Waals surface area contributed by atoms with Crippen molar-refractivity contribution in [1.82, 2.24) is 0 Å². The van der Waals surface area contributed by atoms with Crippen molar-refractivity contribution in [1.29, 1.82) is 0 Å². The summed E-state index contributed by atoms with van der Waals surface area (Å²) in [6.07, 6.45) is 1.78. The number of rotatable bonds is 5. The predicted octanol–water partition coefficient (Wildman–Crippen LogP) is 4.95. The molecular formula is C23H23O2P. The Morgan fingerprint density at radius 1 is 0.885 bits per heavy atom. The van der Waals surface area contributed by atoms with Gasteiger partial charge in [-0.15, -0.1) is 0 Å². The smallest absolute Gasteiger partial charge is 0.174 e. The molecule has 0 aliphatic heterocycles. The van der Waals surface area contributed by atoms with Gasteiger partial charge in [0.15, 0.2) is 7.14 Å². The summed E-state index contributed by atoms with van der Waals surface area (Å²) in [5.74, 6) is -1.11. The molecule has 3 rings (SSSR count). The van der Waals surface area contributed by atoms with Crippen molar-refractivity contribution in [3.8, 4) is 0 Å². The lowest BCUT2D eigenvalue weighted by molar-refractivity contribution is 0.255. The van der Waals surface area contributed by atoms with Crippen LogP contribution in [-0.4, -0.2) is 5.11 Å². The van der Waals surface area contributed by atoms with Gasteiger partial charge in [0.1, 0.15) is 5.85 Å². The van der Waals surface area contributed by atoms with Crippen molar-refractivity contribution in [2.45, 2.75) is 19.7 Å². The van der Waals surface area contributed by atoms with E-state index in [9.17, 15) is 9.67 Å². The monoisotopic (exact) mass is 362 g/mol. The zero-order valence-corrected chi connectivity index (χ0v) is 16.0. The van der Waals surface area contributed by atoms with Gasteiger partial charge < -0.3 is 9.67 Å². The van der Waals surface area contributed by atoms with Gasteiger partial charge in [0.2, 0.25) is 0 Å². The summed E-state index contributed by atoms with van der Waals surface area (Å²) in [5, 5.41) is 12.7. The molecule has 26 heavy (non-hydrogen) atoms. The molecule has 0 bridgehead atoms. The molecular weight excluding hydrogens is 339 g/mol. The van der Waals surface area contributed by atoms with Crippen molar-refractivity contribution < 1.29 is 9.67 Å². The maximum Gasteiger partial charge on any atom is 0.174 e. The van der Waals surface area contributed by atoms with E-state index >= 15 is 0 Å². The lowest BCUT2D eigenvalue weighted by Crippen LogP contribution is -2.22. The lowest BCUT2D eigenvalue weighted by atomic mass is 10.00. The van der Waals surface area contributed by atoms with Gasteiger partial charge in [-0.25, -0.2) is 0 Å². The Hall–Kier alpha value is -2.41. The summed E-state index contributed by atoms with van der Waals surface area (Å²) >= 11 is 0. The van der Waals surface area contributed by atoms with Crippen LogP contribution in [0.3, 0.4) is 0 Å². The summed E-state index contributed by atoms with van der Waals surface area (Å²) in [6.45, 7) is 7.70. The molecule has 0 aliphatic rings. The second-order valence-corrected chi connectivity index (χ2v) is 9.31. The molecule has 0 saturated carbocycles. The van der Waals surface area contributed by atoms with Crippen molar-refractivity contribution in [3.63, 3.8) is 0 Å². The van der Waals surface area contributed by atoms with Crippen LogP contribution in [0.25, 0.3) is 6.08 Å². The summed E-state index contributed by atoms with van der Waals surface area (Å²) in [7, 11) is -3.28. The molecule has 1 atom stereocenters. The maximum absolute atomic E-state index is 14.3. The topological polar surface area (TPSA) is 37.3 Å². The van der Waals surface area contributed by atoms with Crippen molar-refractivity contribution in [2.75, 3.05) is 0 Å². The van der Waals surface area contributed by atoms with Crippen LogP contribution < -0.4 is 10.6 Å². The zero-order valence-electron chi connectivity index (χ0n) is 15.1. The summed E-state index contributed by atoms with van der Waals surface area (Å²) in [6, 6.07) is 22.5. The van der Waals surface area contributed by atoms with Crippen LogP contribution in [-0.2, 0) is 4.57 Å². The predicted molar refractivity (Wildman–Crippen MR) is 111 cm³/mol. The molecule has 0 heterocycles. The van der Waals surface area contributed by atoms with E-state index in [1.165, 1.54) is 0 Å².